The normalized spacial score (nSPS) is 14.4. The van der Waals surface area contributed by atoms with Crippen LogP contribution in [0.15, 0.2) is 54.0 Å². The maximum Gasteiger partial charge on any atom is 0.251 e. The van der Waals surface area contributed by atoms with Crippen LogP contribution in [0.2, 0.25) is 0 Å². The fraction of sp³-hybridized carbons (Fsp3) is 0.222. The Labute approximate surface area is 138 Å². The van der Waals surface area contributed by atoms with Gasteiger partial charge in [-0.2, -0.15) is 5.10 Å². The number of nitrogens with zero attached hydrogens (tertiary/aromatic N) is 2. The van der Waals surface area contributed by atoms with E-state index in [9.17, 15) is 4.79 Å². The van der Waals surface area contributed by atoms with Crippen molar-refractivity contribution in [1.29, 1.82) is 0 Å². The molecule has 116 valence electrons. The number of rotatable bonds is 4. The third-order valence-electron chi connectivity index (χ3n) is 4.20. The van der Waals surface area contributed by atoms with E-state index in [-0.39, 0.29) is 5.91 Å². The summed E-state index contributed by atoms with van der Waals surface area (Å²) in [7, 11) is 0. The number of hydrogen-bond acceptors (Lipinski definition) is 3. The number of aromatic nitrogens is 2. The first-order valence-corrected chi connectivity index (χ1v) is 8.68. The Morgan fingerprint density at radius 3 is 2.65 bits per heavy atom. The molecule has 4 nitrogen and oxygen atoms in total. The van der Waals surface area contributed by atoms with Crippen LogP contribution in [-0.4, -0.2) is 21.7 Å². The first kappa shape index (κ1) is 14.2. The van der Waals surface area contributed by atoms with Gasteiger partial charge in [-0.25, -0.2) is 4.68 Å². The summed E-state index contributed by atoms with van der Waals surface area (Å²) in [6.45, 7) is 0. The Hall–Kier alpha value is -2.40. The van der Waals surface area contributed by atoms with Crippen LogP contribution in [0.5, 0.6) is 0 Å². The van der Waals surface area contributed by atoms with E-state index < -0.39 is 0 Å². The standard InChI is InChI=1S/C18H17N3OS/c22-18(19-14-3-1-4-14)13-6-8-15(9-7-13)21-11-10-16(20-21)17-5-2-12-23-17/h2,5-12,14H,1,3-4H2,(H,19,22). The van der Waals surface area contributed by atoms with Crippen molar-refractivity contribution in [3.63, 3.8) is 0 Å². The molecule has 23 heavy (non-hydrogen) atoms. The smallest absolute Gasteiger partial charge is 0.251 e. The van der Waals surface area contributed by atoms with Crippen molar-refractivity contribution in [2.45, 2.75) is 25.3 Å². The van der Waals surface area contributed by atoms with Gasteiger partial charge in [0.2, 0.25) is 0 Å². The zero-order chi connectivity index (χ0) is 15.6. The summed E-state index contributed by atoms with van der Waals surface area (Å²) < 4.78 is 1.84. The minimum atomic E-state index is 0.0148. The number of nitrogens with one attached hydrogen (secondary N) is 1. The van der Waals surface area contributed by atoms with Crippen LogP contribution in [0.25, 0.3) is 16.3 Å². The Balaban J connectivity index is 1.50. The molecule has 0 radical (unpaired) electrons. The highest BCUT2D eigenvalue weighted by Gasteiger charge is 2.19. The second-order valence-corrected chi connectivity index (χ2v) is 6.72. The number of amides is 1. The topological polar surface area (TPSA) is 46.9 Å². The number of carbonyl (C=O) groups excluding carboxylic acids is 1. The van der Waals surface area contributed by atoms with E-state index in [1.165, 1.54) is 6.42 Å². The summed E-state index contributed by atoms with van der Waals surface area (Å²) in [6, 6.07) is 14.0. The molecule has 0 aliphatic heterocycles. The molecule has 2 heterocycles. The first-order valence-electron chi connectivity index (χ1n) is 7.80. The molecule has 1 aliphatic rings. The van der Waals surface area contributed by atoms with Crippen molar-refractivity contribution < 1.29 is 4.79 Å². The highest BCUT2D eigenvalue weighted by atomic mass is 32.1. The lowest BCUT2D eigenvalue weighted by molar-refractivity contribution is 0.0917. The van der Waals surface area contributed by atoms with E-state index >= 15 is 0 Å². The summed E-state index contributed by atoms with van der Waals surface area (Å²) in [4.78, 5) is 13.3. The van der Waals surface area contributed by atoms with Crippen molar-refractivity contribution in [2.75, 3.05) is 0 Å². The van der Waals surface area contributed by atoms with Crippen molar-refractivity contribution in [2.24, 2.45) is 0 Å². The molecule has 1 amide bonds. The number of thiophene rings is 1. The summed E-state index contributed by atoms with van der Waals surface area (Å²) >= 11 is 1.68. The minimum Gasteiger partial charge on any atom is -0.349 e. The van der Waals surface area contributed by atoms with Crippen molar-refractivity contribution >= 4 is 17.2 Å². The van der Waals surface area contributed by atoms with Gasteiger partial charge in [0.05, 0.1) is 10.6 Å². The van der Waals surface area contributed by atoms with E-state index in [2.05, 4.69) is 16.5 Å². The molecule has 0 atom stereocenters. The van der Waals surface area contributed by atoms with Gasteiger partial charge in [-0.1, -0.05) is 6.07 Å². The SMILES string of the molecule is O=C(NC1CCC1)c1ccc(-n2ccc(-c3cccs3)n2)cc1. The Kier molecular flexibility index (Phi) is 3.71. The summed E-state index contributed by atoms with van der Waals surface area (Å²) in [5.41, 5.74) is 2.62. The summed E-state index contributed by atoms with van der Waals surface area (Å²) in [6.07, 6.45) is 5.36. The molecular weight excluding hydrogens is 306 g/mol. The van der Waals surface area contributed by atoms with Gasteiger partial charge >= 0.3 is 0 Å². The molecule has 5 heteroatoms. The molecule has 2 aromatic heterocycles. The van der Waals surface area contributed by atoms with E-state index in [4.69, 9.17) is 0 Å². The van der Waals surface area contributed by atoms with Gasteiger partial charge < -0.3 is 5.32 Å². The molecule has 0 unspecified atom stereocenters. The lowest BCUT2D eigenvalue weighted by atomic mass is 9.93. The lowest BCUT2D eigenvalue weighted by Gasteiger charge is -2.26. The Morgan fingerprint density at radius 2 is 2.00 bits per heavy atom. The van der Waals surface area contributed by atoms with Crippen molar-refractivity contribution in [3.8, 4) is 16.3 Å². The predicted molar refractivity (Wildman–Crippen MR) is 92.0 cm³/mol. The van der Waals surface area contributed by atoms with Gasteiger partial charge in [-0.05, 0) is 61.0 Å². The number of benzene rings is 1. The minimum absolute atomic E-state index is 0.0148. The lowest BCUT2D eigenvalue weighted by Crippen LogP contribution is -2.39. The van der Waals surface area contributed by atoms with Crippen LogP contribution in [0.1, 0.15) is 29.6 Å². The number of carbonyl (C=O) groups is 1. The van der Waals surface area contributed by atoms with Crippen LogP contribution in [-0.2, 0) is 0 Å². The molecular formula is C18H17N3OS. The highest BCUT2D eigenvalue weighted by molar-refractivity contribution is 7.13. The molecule has 4 rings (SSSR count). The van der Waals surface area contributed by atoms with Crippen LogP contribution in [0, 0.1) is 0 Å². The van der Waals surface area contributed by atoms with Crippen LogP contribution < -0.4 is 5.32 Å². The predicted octanol–water partition coefficient (Wildman–Crippen LogP) is 3.88. The zero-order valence-corrected chi connectivity index (χ0v) is 13.4. The summed E-state index contributed by atoms with van der Waals surface area (Å²) in [5, 5.41) is 9.69. The Bertz CT molecular complexity index is 801. The quantitative estimate of drug-likeness (QED) is 0.792. The fourth-order valence-electron chi connectivity index (χ4n) is 2.61. The van der Waals surface area contributed by atoms with Gasteiger partial charge in [0.1, 0.15) is 5.69 Å². The third-order valence-corrected chi connectivity index (χ3v) is 5.09. The molecule has 1 fully saturated rings. The maximum atomic E-state index is 12.1. The molecule has 0 spiro atoms. The third kappa shape index (κ3) is 2.92. The summed E-state index contributed by atoms with van der Waals surface area (Å²) in [5.74, 6) is 0.0148. The fourth-order valence-corrected chi connectivity index (χ4v) is 3.30. The highest BCUT2D eigenvalue weighted by Crippen LogP contribution is 2.23. The second kappa shape index (κ2) is 6.01. The van der Waals surface area contributed by atoms with Gasteiger partial charge in [-0.15, -0.1) is 11.3 Å². The van der Waals surface area contributed by atoms with Gasteiger partial charge in [0.25, 0.3) is 5.91 Å². The molecule has 1 aliphatic carbocycles. The molecule has 3 aromatic rings. The maximum absolute atomic E-state index is 12.1. The molecule has 1 aromatic carbocycles. The van der Waals surface area contributed by atoms with Gasteiger partial charge in [-0.3, -0.25) is 4.79 Å². The van der Waals surface area contributed by atoms with Gasteiger partial charge in [0, 0.05) is 17.8 Å². The van der Waals surface area contributed by atoms with Crippen molar-refractivity contribution in [3.05, 3.63) is 59.6 Å². The van der Waals surface area contributed by atoms with Crippen molar-refractivity contribution in [1.82, 2.24) is 15.1 Å². The van der Waals surface area contributed by atoms with Crippen LogP contribution >= 0.6 is 11.3 Å². The van der Waals surface area contributed by atoms with E-state index in [0.29, 0.717) is 11.6 Å². The van der Waals surface area contributed by atoms with E-state index in [1.807, 2.05) is 52.7 Å². The average molecular weight is 323 g/mol. The number of hydrogen-bond donors (Lipinski definition) is 1. The molecule has 0 bridgehead atoms. The van der Waals surface area contributed by atoms with Crippen LogP contribution in [0.3, 0.4) is 0 Å². The monoisotopic (exact) mass is 323 g/mol. The first-order chi connectivity index (χ1) is 11.3. The molecule has 1 saturated carbocycles. The van der Waals surface area contributed by atoms with E-state index in [0.717, 1.165) is 29.1 Å². The molecule has 0 saturated heterocycles. The largest absolute Gasteiger partial charge is 0.349 e. The Morgan fingerprint density at radius 1 is 1.17 bits per heavy atom. The average Bonchev–Trinajstić information content (AvgIpc) is 3.21. The zero-order valence-electron chi connectivity index (χ0n) is 12.6. The second-order valence-electron chi connectivity index (χ2n) is 5.77. The van der Waals surface area contributed by atoms with E-state index in [1.54, 1.807) is 11.3 Å². The van der Waals surface area contributed by atoms with Crippen LogP contribution in [0.4, 0.5) is 0 Å². The molecule has 1 N–H and O–H groups in total. The van der Waals surface area contributed by atoms with Gasteiger partial charge in [0.15, 0.2) is 0 Å².